The summed E-state index contributed by atoms with van der Waals surface area (Å²) < 4.78 is 68.4. The maximum absolute atomic E-state index is 13.9. The van der Waals surface area contributed by atoms with Crippen molar-refractivity contribution in [3.63, 3.8) is 0 Å². The van der Waals surface area contributed by atoms with E-state index in [1.165, 1.54) is 14.2 Å². The average Bonchev–Trinajstić information content (AvgIpc) is 3.63. The first-order chi connectivity index (χ1) is 19.3. The molecule has 4 heterocycles. The molecule has 15 heteroatoms. The molecule has 0 amide bonds. The molecule has 5 rings (SSSR count). The fourth-order valence-electron chi connectivity index (χ4n) is 5.06. The van der Waals surface area contributed by atoms with E-state index in [0.29, 0.717) is 49.2 Å². The van der Waals surface area contributed by atoms with Crippen LogP contribution in [0, 0.1) is 5.82 Å². The number of benzene rings is 1. The van der Waals surface area contributed by atoms with Crippen LogP contribution in [0.1, 0.15) is 38.1 Å². The van der Waals surface area contributed by atoms with Crippen molar-refractivity contribution in [2.75, 3.05) is 50.1 Å². The van der Waals surface area contributed by atoms with Crippen molar-refractivity contribution in [2.24, 2.45) is 0 Å². The summed E-state index contributed by atoms with van der Waals surface area (Å²) in [5, 5.41) is 7.63. The Morgan fingerprint density at radius 1 is 1.12 bits per heavy atom. The van der Waals surface area contributed by atoms with Gasteiger partial charge in [-0.05, 0) is 38.3 Å². The van der Waals surface area contributed by atoms with Gasteiger partial charge in [0, 0.05) is 26.3 Å². The van der Waals surface area contributed by atoms with Gasteiger partial charge in [0.25, 0.3) is 0 Å². The highest BCUT2D eigenvalue weighted by molar-refractivity contribution is 7.93. The number of halogens is 1. The van der Waals surface area contributed by atoms with Crippen molar-refractivity contribution in [3.8, 4) is 17.2 Å². The zero-order valence-corrected chi connectivity index (χ0v) is 23.3. The number of rotatable bonds is 10. The number of ether oxygens (including phenoxy) is 4. The molecule has 3 atom stereocenters. The predicted octanol–water partition coefficient (Wildman–Crippen LogP) is 2.49. The summed E-state index contributed by atoms with van der Waals surface area (Å²) in [5.41, 5.74) is 0.442. The third-order valence-electron chi connectivity index (χ3n) is 6.87. The lowest BCUT2D eigenvalue weighted by Crippen LogP contribution is -2.51. The Labute approximate surface area is 231 Å². The van der Waals surface area contributed by atoms with Gasteiger partial charge in [0.15, 0.2) is 11.6 Å². The number of nitrogens with zero attached hydrogens (tertiary/aromatic N) is 6. The normalized spacial score (nSPS) is 21.4. The molecular formula is C25H32FN7O6S. The molecule has 13 nitrogen and oxygen atoms in total. The highest BCUT2D eigenvalue weighted by Crippen LogP contribution is 2.39. The Hall–Kier alpha value is -3.56. The SMILES string of the molecule is CCOC1CC(S(=O)(=O)Nc2nnc([C@H]3CCCO3)n2-c2c(OC)cccc2OC)CN(c2ncc(F)cn2)C1. The standard InChI is InChI=1S/C25H32FN7O6S/c1-4-38-17-11-18(15-32(14-17)24-27-12-16(26)13-28-24)40(34,35)31-25-30-29-23(21-9-6-10-39-21)33(25)22-19(36-2)7-5-8-20(22)37-3/h5,7-8,12-13,17-18,21H,4,6,9-11,14-15H2,1-3H3,(H,30,31)/t17?,18?,21-/m1/s1. The molecule has 0 bridgehead atoms. The summed E-state index contributed by atoms with van der Waals surface area (Å²) in [6, 6.07) is 5.25. The second kappa shape index (κ2) is 11.9. The predicted molar refractivity (Wildman–Crippen MR) is 143 cm³/mol. The number of aromatic nitrogens is 5. The summed E-state index contributed by atoms with van der Waals surface area (Å²) in [6.07, 6.45) is 3.06. The molecule has 1 aromatic carbocycles. The number of methoxy groups -OCH3 is 2. The molecule has 2 aliphatic rings. The smallest absolute Gasteiger partial charge is 0.243 e. The van der Waals surface area contributed by atoms with Crippen molar-refractivity contribution in [2.45, 2.75) is 43.6 Å². The van der Waals surface area contributed by atoms with E-state index in [2.05, 4.69) is 24.9 Å². The Bertz CT molecular complexity index is 1390. The average molecular weight is 578 g/mol. The van der Waals surface area contributed by atoms with Crippen LogP contribution in [0.2, 0.25) is 0 Å². The lowest BCUT2D eigenvalue weighted by molar-refractivity contribution is 0.0531. The van der Waals surface area contributed by atoms with E-state index in [1.807, 2.05) is 6.92 Å². The quantitative estimate of drug-likeness (QED) is 0.380. The van der Waals surface area contributed by atoms with Crippen molar-refractivity contribution in [1.29, 1.82) is 0 Å². The Balaban J connectivity index is 1.52. The molecular weight excluding hydrogens is 545 g/mol. The molecule has 0 aliphatic carbocycles. The molecule has 0 saturated carbocycles. The van der Waals surface area contributed by atoms with Crippen LogP contribution in [-0.2, 0) is 19.5 Å². The van der Waals surface area contributed by atoms with E-state index >= 15 is 0 Å². The minimum absolute atomic E-state index is 0.0311. The molecule has 40 heavy (non-hydrogen) atoms. The van der Waals surface area contributed by atoms with Gasteiger partial charge in [-0.25, -0.2) is 22.8 Å². The van der Waals surface area contributed by atoms with E-state index in [-0.39, 0.29) is 31.0 Å². The minimum atomic E-state index is -4.06. The van der Waals surface area contributed by atoms with Crippen LogP contribution in [-0.4, -0.2) is 85.0 Å². The van der Waals surface area contributed by atoms with Crippen molar-refractivity contribution >= 4 is 21.9 Å². The van der Waals surface area contributed by atoms with Crippen LogP contribution in [0.3, 0.4) is 0 Å². The third-order valence-corrected chi connectivity index (χ3v) is 8.56. The van der Waals surface area contributed by atoms with Gasteiger partial charge in [0.2, 0.25) is 21.9 Å². The number of nitrogens with one attached hydrogen (secondary N) is 1. The summed E-state index contributed by atoms with van der Waals surface area (Å²) >= 11 is 0. The Kier molecular flexibility index (Phi) is 8.32. The molecule has 0 spiro atoms. The Morgan fingerprint density at radius 2 is 1.85 bits per heavy atom. The molecule has 3 aromatic rings. The second-order valence-electron chi connectivity index (χ2n) is 9.42. The van der Waals surface area contributed by atoms with Gasteiger partial charge in [-0.2, -0.15) is 0 Å². The van der Waals surface area contributed by atoms with Gasteiger partial charge in [0.1, 0.15) is 28.5 Å². The van der Waals surface area contributed by atoms with Crippen molar-refractivity contribution in [1.82, 2.24) is 24.7 Å². The minimum Gasteiger partial charge on any atom is -0.494 e. The first-order valence-corrected chi connectivity index (χ1v) is 14.5. The van der Waals surface area contributed by atoms with E-state index in [1.54, 1.807) is 27.7 Å². The molecule has 2 aliphatic heterocycles. The van der Waals surface area contributed by atoms with Crippen LogP contribution in [0.5, 0.6) is 11.5 Å². The van der Waals surface area contributed by atoms with Gasteiger partial charge in [-0.1, -0.05) is 6.07 Å². The highest BCUT2D eigenvalue weighted by atomic mass is 32.2. The number of piperidine rings is 1. The van der Waals surface area contributed by atoms with E-state index < -0.39 is 27.2 Å². The Morgan fingerprint density at radius 3 is 2.48 bits per heavy atom. The van der Waals surface area contributed by atoms with Gasteiger partial charge < -0.3 is 23.8 Å². The zero-order valence-electron chi connectivity index (χ0n) is 22.5. The lowest BCUT2D eigenvalue weighted by Gasteiger charge is -2.37. The topological polar surface area (TPSA) is 143 Å². The van der Waals surface area contributed by atoms with E-state index in [9.17, 15) is 12.8 Å². The second-order valence-corrected chi connectivity index (χ2v) is 11.4. The van der Waals surface area contributed by atoms with Crippen molar-refractivity contribution < 1.29 is 31.8 Å². The first-order valence-electron chi connectivity index (χ1n) is 13.0. The maximum atomic E-state index is 13.9. The fraction of sp³-hybridized carbons (Fsp3) is 0.520. The fourth-order valence-corrected chi connectivity index (χ4v) is 6.45. The van der Waals surface area contributed by atoms with E-state index in [0.717, 1.165) is 18.8 Å². The van der Waals surface area contributed by atoms with Crippen LogP contribution < -0.4 is 19.1 Å². The molecule has 216 valence electrons. The molecule has 1 N–H and O–H groups in total. The maximum Gasteiger partial charge on any atom is 0.243 e. The van der Waals surface area contributed by atoms with Crippen LogP contribution >= 0.6 is 0 Å². The lowest BCUT2D eigenvalue weighted by atomic mass is 10.1. The molecule has 2 fully saturated rings. The van der Waals surface area contributed by atoms with Crippen LogP contribution in [0.15, 0.2) is 30.6 Å². The molecule has 0 radical (unpaired) electrons. The van der Waals surface area contributed by atoms with Gasteiger partial charge in [-0.3, -0.25) is 9.29 Å². The molecule has 2 aromatic heterocycles. The number of sulfonamides is 1. The first kappa shape index (κ1) is 28.0. The van der Waals surface area contributed by atoms with Gasteiger partial charge in [0.05, 0.1) is 32.7 Å². The number of hydrogen-bond acceptors (Lipinski definition) is 11. The molecule has 2 unspecified atom stereocenters. The van der Waals surface area contributed by atoms with Crippen molar-refractivity contribution in [3.05, 3.63) is 42.2 Å². The largest absolute Gasteiger partial charge is 0.494 e. The monoisotopic (exact) mass is 577 g/mol. The number of anilines is 2. The highest BCUT2D eigenvalue weighted by Gasteiger charge is 2.39. The number of hydrogen-bond donors (Lipinski definition) is 1. The zero-order chi connectivity index (χ0) is 28.3. The van der Waals surface area contributed by atoms with Crippen LogP contribution in [0.4, 0.5) is 16.3 Å². The van der Waals surface area contributed by atoms with E-state index in [4.69, 9.17) is 18.9 Å². The summed E-state index contributed by atoms with van der Waals surface area (Å²) in [6.45, 7) is 3.23. The molecule has 2 saturated heterocycles. The summed E-state index contributed by atoms with van der Waals surface area (Å²) in [4.78, 5) is 9.75. The third kappa shape index (κ3) is 5.67. The summed E-state index contributed by atoms with van der Waals surface area (Å²) in [5.74, 6) is 0.904. The summed E-state index contributed by atoms with van der Waals surface area (Å²) in [7, 11) is -1.04. The van der Waals surface area contributed by atoms with Crippen LogP contribution in [0.25, 0.3) is 5.69 Å². The number of para-hydroxylation sites is 1. The van der Waals surface area contributed by atoms with Gasteiger partial charge >= 0.3 is 0 Å². The van der Waals surface area contributed by atoms with Gasteiger partial charge in [-0.15, -0.1) is 10.2 Å².